The van der Waals surface area contributed by atoms with Gasteiger partial charge in [0.15, 0.2) is 0 Å². The SMILES string of the molecule is C#C/C=C\c1c(C)ccc2c(N(c3ccc(-c4ccccc4)cc3)c3ccc(-c4cccc5c4oc4ccccc45)cc3)ccc(O)c12. The van der Waals surface area contributed by atoms with E-state index in [-0.39, 0.29) is 5.75 Å². The highest BCUT2D eigenvalue weighted by Crippen LogP contribution is 2.44. The number of rotatable bonds is 6. The molecule has 0 spiro atoms. The topological polar surface area (TPSA) is 36.6 Å². The largest absolute Gasteiger partial charge is 0.507 e. The van der Waals surface area contributed by atoms with E-state index in [9.17, 15) is 5.11 Å². The number of phenolic OH excluding ortho intramolecular Hbond substituents is 1. The van der Waals surface area contributed by atoms with Gasteiger partial charge in [-0.3, -0.25) is 0 Å². The molecule has 228 valence electrons. The average Bonchev–Trinajstić information content (AvgIpc) is 3.52. The Morgan fingerprint density at radius 2 is 1.29 bits per heavy atom. The van der Waals surface area contributed by atoms with Gasteiger partial charge in [-0.25, -0.2) is 0 Å². The first-order valence-electron chi connectivity index (χ1n) is 15.9. The van der Waals surface area contributed by atoms with E-state index in [0.29, 0.717) is 0 Å². The summed E-state index contributed by atoms with van der Waals surface area (Å²) in [5.41, 5.74) is 11.0. The molecule has 0 aliphatic heterocycles. The Hall–Kier alpha value is -6.50. The van der Waals surface area contributed by atoms with Crippen LogP contribution in [0.1, 0.15) is 11.1 Å². The number of aryl methyl sites for hydroxylation is 1. The fourth-order valence-electron chi connectivity index (χ4n) is 6.71. The zero-order valence-corrected chi connectivity index (χ0v) is 26.4. The number of terminal acetylenes is 1. The van der Waals surface area contributed by atoms with Crippen LogP contribution >= 0.6 is 0 Å². The molecule has 0 saturated heterocycles. The number of hydrogen-bond donors (Lipinski definition) is 1. The molecule has 7 aromatic carbocycles. The Balaban J connectivity index is 1.29. The summed E-state index contributed by atoms with van der Waals surface area (Å²) < 4.78 is 6.36. The van der Waals surface area contributed by atoms with Crippen molar-refractivity contribution < 1.29 is 9.52 Å². The predicted octanol–water partition coefficient (Wildman–Crippen LogP) is 12.2. The Morgan fingerprint density at radius 3 is 2.04 bits per heavy atom. The molecule has 0 fully saturated rings. The van der Waals surface area contributed by atoms with Crippen LogP contribution in [0.3, 0.4) is 0 Å². The second kappa shape index (κ2) is 12.0. The quantitative estimate of drug-likeness (QED) is 0.189. The number of phenols is 1. The van der Waals surface area contributed by atoms with Crippen LogP contribution in [0.2, 0.25) is 0 Å². The molecule has 0 bridgehead atoms. The number of fused-ring (bicyclic) bond motifs is 4. The van der Waals surface area contributed by atoms with Gasteiger partial charge in [0.1, 0.15) is 16.9 Å². The maximum Gasteiger partial charge on any atom is 0.143 e. The zero-order valence-electron chi connectivity index (χ0n) is 26.4. The van der Waals surface area contributed by atoms with Gasteiger partial charge < -0.3 is 14.4 Å². The third kappa shape index (κ3) is 4.97. The summed E-state index contributed by atoms with van der Waals surface area (Å²) in [4.78, 5) is 2.24. The maximum absolute atomic E-state index is 11.2. The number of hydrogen-bond acceptors (Lipinski definition) is 3. The van der Waals surface area contributed by atoms with Crippen molar-refractivity contribution in [3.05, 3.63) is 163 Å². The van der Waals surface area contributed by atoms with Crippen molar-refractivity contribution in [3.8, 4) is 40.3 Å². The van der Waals surface area contributed by atoms with Crippen molar-refractivity contribution >= 4 is 55.8 Å². The van der Waals surface area contributed by atoms with Crippen molar-refractivity contribution in [2.75, 3.05) is 4.90 Å². The molecule has 1 N–H and O–H groups in total. The fourth-order valence-corrected chi connectivity index (χ4v) is 6.71. The number of para-hydroxylation sites is 2. The molecule has 0 amide bonds. The van der Waals surface area contributed by atoms with Gasteiger partial charge in [0.2, 0.25) is 0 Å². The molecule has 0 saturated carbocycles. The minimum atomic E-state index is 0.211. The van der Waals surface area contributed by atoms with E-state index in [4.69, 9.17) is 10.8 Å². The molecule has 0 atom stereocenters. The molecule has 0 radical (unpaired) electrons. The van der Waals surface area contributed by atoms with Gasteiger partial charge in [0.05, 0.1) is 5.69 Å². The van der Waals surface area contributed by atoms with Crippen LogP contribution in [0.4, 0.5) is 17.1 Å². The number of anilines is 3. The van der Waals surface area contributed by atoms with Gasteiger partial charge in [0.25, 0.3) is 0 Å². The molecule has 3 nitrogen and oxygen atoms in total. The van der Waals surface area contributed by atoms with Gasteiger partial charge in [-0.15, -0.1) is 6.42 Å². The van der Waals surface area contributed by atoms with E-state index in [1.54, 1.807) is 12.1 Å². The number of nitrogens with zero attached hydrogens (tertiary/aromatic N) is 1. The summed E-state index contributed by atoms with van der Waals surface area (Å²) in [6, 6.07) is 50.0. The predicted molar refractivity (Wildman–Crippen MR) is 201 cm³/mol. The van der Waals surface area contributed by atoms with Gasteiger partial charge in [0, 0.05) is 38.5 Å². The lowest BCUT2D eigenvalue weighted by molar-refractivity contribution is 0.481. The minimum absolute atomic E-state index is 0.211. The molecule has 1 heterocycles. The van der Waals surface area contributed by atoms with E-state index >= 15 is 0 Å². The Kier molecular flexibility index (Phi) is 7.25. The first kappa shape index (κ1) is 28.9. The summed E-state index contributed by atoms with van der Waals surface area (Å²) in [6.45, 7) is 2.03. The second-order valence-corrected chi connectivity index (χ2v) is 11.9. The van der Waals surface area contributed by atoms with E-state index in [1.807, 2.05) is 43.3 Å². The van der Waals surface area contributed by atoms with Crippen LogP contribution < -0.4 is 4.90 Å². The van der Waals surface area contributed by atoms with Crippen molar-refractivity contribution in [2.24, 2.45) is 0 Å². The molecule has 48 heavy (non-hydrogen) atoms. The molecule has 3 heteroatoms. The Labute approximate surface area is 279 Å². The number of furan rings is 1. The molecule has 0 aliphatic carbocycles. The Bertz CT molecular complexity index is 2520. The lowest BCUT2D eigenvalue weighted by Gasteiger charge is -2.28. The lowest BCUT2D eigenvalue weighted by Crippen LogP contribution is -2.10. The third-order valence-corrected chi connectivity index (χ3v) is 9.06. The van der Waals surface area contributed by atoms with Crippen LogP contribution in [0.15, 0.2) is 156 Å². The van der Waals surface area contributed by atoms with Crippen LogP contribution in [0, 0.1) is 19.3 Å². The summed E-state index contributed by atoms with van der Waals surface area (Å²) in [6.07, 6.45) is 9.16. The number of allylic oxidation sites excluding steroid dienone is 1. The van der Waals surface area contributed by atoms with Crippen LogP contribution in [-0.4, -0.2) is 5.11 Å². The monoisotopic (exact) mass is 617 g/mol. The first-order valence-corrected chi connectivity index (χ1v) is 15.9. The van der Waals surface area contributed by atoms with E-state index in [2.05, 4.69) is 120 Å². The van der Waals surface area contributed by atoms with Gasteiger partial charge in [-0.1, -0.05) is 109 Å². The van der Waals surface area contributed by atoms with Crippen molar-refractivity contribution in [2.45, 2.75) is 6.92 Å². The molecular weight excluding hydrogens is 587 g/mol. The van der Waals surface area contributed by atoms with E-state index in [0.717, 1.165) is 83.2 Å². The molecular formula is C45H31NO2. The van der Waals surface area contributed by atoms with Gasteiger partial charge >= 0.3 is 0 Å². The first-order chi connectivity index (χ1) is 23.6. The second-order valence-electron chi connectivity index (χ2n) is 11.9. The minimum Gasteiger partial charge on any atom is -0.507 e. The van der Waals surface area contributed by atoms with Crippen molar-refractivity contribution in [1.82, 2.24) is 0 Å². The molecule has 0 aliphatic rings. The zero-order chi connectivity index (χ0) is 32.6. The normalized spacial score (nSPS) is 11.4. The average molecular weight is 618 g/mol. The fraction of sp³-hybridized carbons (Fsp3) is 0.0222. The summed E-state index contributed by atoms with van der Waals surface area (Å²) in [5, 5.41) is 15.1. The number of aromatic hydroxyl groups is 1. The standard InChI is InChI=1S/C45H31NO2/c1-3-4-13-36-30(2)18-27-40-41(28-29-42(47)44(36)40)46(34-23-19-32(20-24-34)31-11-6-5-7-12-31)35-25-21-33(22-26-35)37-15-10-16-39-38-14-8-9-17-43(38)48-45(37)39/h1,4-29,47H,2H3/b13-4-. The third-order valence-electron chi connectivity index (χ3n) is 9.06. The van der Waals surface area contributed by atoms with Crippen LogP contribution in [0.25, 0.3) is 61.0 Å². The highest BCUT2D eigenvalue weighted by molar-refractivity contribution is 6.10. The van der Waals surface area contributed by atoms with E-state index < -0.39 is 0 Å². The maximum atomic E-state index is 11.2. The molecule has 0 unspecified atom stereocenters. The van der Waals surface area contributed by atoms with Crippen molar-refractivity contribution in [3.63, 3.8) is 0 Å². The summed E-state index contributed by atoms with van der Waals surface area (Å²) in [7, 11) is 0. The summed E-state index contributed by atoms with van der Waals surface area (Å²) >= 11 is 0. The van der Waals surface area contributed by atoms with E-state index in [1.165, 1.54) is 0 Å². The summed E-state index contributed by atoms with van der Waals surface area (Å²) in [5.74, 6) is 2.80. The lowest BCUT2D eigenvalue weighted by atomic mass is 9.96. The molecule has 1 aromatic heterocycles. The highest BCUT2D eigenvalue weighted by atomic mass is 16.3. The van der Waals surface area contributed by atoms with Gasteiger partial charge in [-0.2, -0.15) is 0 Å². The van der Waals surface area contributed by atoms with Gasteiger partial charge in [-0.05, 0) is 89.4 Å². The Morgan fingerprint density at radius 1 is 0.625 bits per heavy atom. The molecule has 8 rings (SSSR count). The number of benzene rings is 7. The van der Waals surface area contributed by atoms with Crippen LogP contribution in [0.5, 0.6) is 5.75 Å². The smallest absolute Gasteiger partial charge is 0.143 e. The van der Waals surface area contributed by atoms with Crippen LogP contribution in [-0.2, 0) is 0 Å². The van der Waals surface area contributed by atoms with Crippen molar-refractivity contribution in [1.29, 1.82) is 0 Å². The highest BCUT2D eigenvalue weighted by Gasteiger charge is 2.20. The molecule has 8 aromatic rings.